The smallest absolute Gasteiger partial charge is 0.323 e. The molecule has 0 radical (unpaired) electrons. The van der Waals surface area contributed by atoms with Crippen molar-refractivity contribution in [2.45, 2.75) is 26.5 Å². The summed E-state index contributed by atoms with van der Waals surface area (Å²) in [7, 11) is 0. The Morgan fingerprint density at radius 1 is 1.06 bits per heavy atom. The average Bonchev–Trinajstić information content (AvgIpc) is 3.19. The number of hydrogen-bond acceptors (Lipinski definition) is 5. The van der Waals surface area contributed by atoms with Crippen LogP contribution in [0.25, 0.3) is 5.78 Å². The monoisotopic (exact) mass is 418 g/mol. The highest BCUT2D eigenvalue weighted by Crippen LogP contribution is 2.25. The number of ether oxygens (including phenoxy) is 1. The summed E-state index contributed by atoms with van der Waals surface area (Å²) in [6.07, 6.45) is 1.59. The van der Waals surface area contributed by atoms with Crippen LogP contribution in [0.1, 0.15) is 25.6 Å². The predicted octanol–water partition coefficient (Wildman–Crippen LogP) is 3.69. The highest BCUT2D eigenvalue weighted by Gasteiger charge is 2.12. The van der Waals surface area contributed by atoms with Crippen LogP contribution < -0.4 is 20.9 Å². The number of fused-ring (bicyclic) bond motifs is 1. The maximum absolute atomic E-state index is 12.5. The molecule has 0 saturated carbocycles. The molecule has 0 unspecified atom stereocenters. The molecule has 4 aromatic rings. The van der Waals surface area contributed by atoms with Gasteiger partial charge < -0.3 is 15.4 Å². The number of aromatic nitrogens is 4. The maximum atomic E-state index is 12.5. The first-order valence-electron chi connectivity index (χ1n) is 9.82. The molecule has 2 amide bonds. The van der Waals surface area contributed by atoms with E-state index in [2.05, 4.69) is 20.6 Å². The molecule has 2 heterocycles. The van der Waals surface area contributed by atoms with Gasteiger partial charge in [-0.3, -0.25) is 9.48 Å². The summed E-state index contributed by atoms with van der Waals surface area (Å²) in [5.74, 6) is 0.772. The third-order valence-electron chi connectivity index (χ3n) is 4.53. The van der Waals surface area contributed by atoms with Crippen LogP contribution >= 0.6 is 0 Å². The molecule has 31 heavy (non-hydrogen) atoms. The first kappa shape index (κ1) is 20.1. The molecule has 0 spiro atoms. The third-order valence-corrected chi connectivity index (χ3v) is 4.53. The van der Waals surface area contributed by atoms with Crippen molar-refractivity contribution in [3.63, 3.8) is 0 Å². The standard InChI is InChI=1S/C22H22N6O3/c1-15(2)27-14-23-21-24-17(12-20(29)28(21)27)13-31-19-11-7-6-10-18(19)26-22(30)25-16-8-4-3-5-9-16/h3-12,14-15H,13H2,1-2H3,(H2,25,26,30). The van der Waals surface area contributed by atoms with E-state index in [4.69, 9.17) is 4.74 Å². The van der Waals surface area contributed by atoms with Crippen molar-refractivity contribution in [3.05, 3.63) is 83.0 Å². The molecule has 0 atom stereocenters. The largest absolute Gasteiger partial charge is 0.485 e. The van der Waals surface area contributed by atoms with Gasteiger partial charge in [0.05, 0.1) is 11.4 Å². The quantitative estimate of drug-likeness (QED) is 0.497. The van der Waals surface area contributed by atoms with Crippen molar-refractivity contribution in [3.8, 4) is 5.75 Å². The molecule has 0 fully saturated rings. The zero-order valence-electron chi connectivity index (χ0n) is 17.1. The van der Waals surface area contributed by atoms with Crippen LogP contribution in [-0.2, 0) is 6.61 Å². The maximum Gasteiger partial charge on any atom is 0.323 e. The molecule has 9 heteroatoms. The fourth-order valence-corrected chi connectivity index (χ4v) is 3.07. The Morgan fingerprint density at radius 3 is 2.58 bits per heavy atom. The number of carbonyl (C=O) groups is 1. The second kappa shape index (κ2) is 8.70. The fourth-order valence-electron chi connectivity index (χ4n) is 3.07. The first-order valence-corrected chi connectivity index (χ1v) is 9.82. The second-order valence-corrected chi connectivity index (χ2v) is 7.15. The minimum atomic E-state index is -0.390. The van der Waals surface area contributed by atoms with Crippen LogP contribution in [-0.4, -0.2) is 25.2 Å². The Bertz CT molecular complexity index is 1260. The van der Waals surface area contributed by atoms with E-state index in [-0.39, 0.29) is 24.2 Å². The molecule has 0 saturated heterocycles. The van der Waals surface area contributed by atoms with Gasteiger partial charge in [0.25, 0.3) is 11.3 Å². The molecule has 2 aromatic heterocycles. The number of nitrogens with zero attached hydrogens (tertiary/aromatic N) is 4. The molecule has 0 bridgehead atoms. The minimum Gasteiger partial charge on any atom is -0.485 e. The number of carbonyl (C=O) groups excluding carboxylic acids is 1. The van der Waals surface area contributed by atoms with Gasteiger partial charge in [-0.1, -0.05) is 30.3 Å². The van der Waals surface area contributed by atoms with E-state index in [1.54, 1.807) is 47.4 Å². The Balaban J connectivity index is 1.48. The lowest BCUT2D eigenvalue weighted by Gasteiger charge is -2.13. The number of amides is 2. The van der Waals surface area contributed by atoms with Crippen LogP contribution in [0.3, 0.4) is 0 Å². The van der Waals surface area contributed by atoms with E-state index >= 15 is 0 Å². The summed E-state index contributed by atoms with van der Waals surface area (Å²) >= 11 is 0. The van der Waals surface area contributed by atoms with E-state index < -0.39 is 0 Å². The molecule has 2 N–H and O–H groups in total. The number of hydrogen-bond donors (Lipinski definition) is 2. The van der Waals surface area contributed by atoms with Crippen molar-refractivity contribution in [2.75, 3.05) is 10.6 Å². The number of para-hydroxylation sites is 3. The van der Waals surface area contributed by atoms with Crippen LogP contribution in [0.4, 0.5) is 16.2 Å². The summed E-state index contributed by atoms with van der Waals surface area (Å²) in [4.78, 5) is 33.5. The minimum absolute atomic E-state index is 0.0548. The van der Waals surface area contributed by atoms with Gasteiger partial charge in [-0.15, -0.1) is 0 Å². The number of urea groups is 1. The zero-order chi connectivity index (χ0) is 21.8. The van der Waals surface area contributed by atoms with Gasteiger partial charge in [0.2, 0.25) is 0 Å². The summed E-state index contributed by atoms with van der Waals surface area (Å²) in [6.45, 7) is 3.98. The SMILES string of the molecule is CC(C)n1cnc2nc(COc3ccccc3NC(=O)Nc3ccccc3)cc(=O)n21. The molecule has 0 aliphatic carbocycles. The molecule has 0 aliphatic heterocycles. The van der Waals surface area contributed by atoms with Crippen LogP contribution in [0.2, 0.25) is 0 Å². The van der Waals surface area contributed by atoms with Gasteiger partial charge in [0.15, 0.2) is 0 Å². The Kier molecular flexibility index (Phi) is 5.65. The van der Waals surface area contributed by atoms with Gasteiger partial charge in [-0.25, -0.2) is 9.78 Å². The van der Waals surface area contributed by atoms with Gasteiger partial charge in [0.1, 0.15) is 18.7 Å². The zero-order valence-corrected chi connectivity index (χ0v) is 17.1. The normalized spacial score (nSPS) is 10.9. The Labute approximate surface area is 178 Å². The van der Waals surface area contributed by atoms with Crippen molar-refractivity contribution in [1.29, 1.82) is 0 Å². The van der Waals surface area contributed by atoms with Crippen molar-refractivity contribution in [2.24, 2.45) is 0 Å². The molecular weight excluding hydrogens is 396 g/mol. The van der Waals surface area contributed by atoms with Crippen molar-refractivity contribution >= 4 is 23.2 Å². The van der Waals surface area contributed by atoms with E-state index in [1.165, 1.54) is 10.6 Å². The molecule has 4 rings (SSSR count). The van der Waals surface area contributed by atoms with Crippen LogP contribution in [0, 0.1) is 0 Å². The molecular formula is C22H22N6O3. The average molecular weight is 418 g/mol. The number of benzene rings is 2. The van der Waals surface area contributed by atoms with Crippen molar-refractivity contribution in [1.82, 2.24) is 19.2 Å². The highest BCUT2D eigenvalue weighted by molar-refractivity contribution is 6.00. The topological polar surface area (TPSA) is 103 Å². The summed E-state index contributed by atoms with van der Waals surface area (Å²) in [5.41, 5.74) is 1.39. The molecule has 0 aliphatic rings. The number of anilines is 2. The lowest BCUT2D eigenvalue weighted by molar-refractivity contribution is 0.261. The summed E-state index contributed by atoms with van der Waals surface area (Å²) in [6, 6.07) is 17.3. The fraction of sp³-hybridized carbons (Fsp3) is 0.182. The van der Waals surface area contributed by atoms with Crippen LogP contribution in [0.15, 0.2) is 71.8 Å². The summed E-state index contributed by atoms with van der Waals surface area (Å²) in [5, 5.41) is 5.53. The number of nitrogens with one attached hydrogen (secondary N) is 2. The van der Waals surface area contributed by atoms with E-state index in [0.29, 0.717) is 28.6 Å². The Morgan fingerprint density at radius 2 is 1.81 bits per heavy atom. The lowest BCUT2D eigenvalue weighted by Crippen LogP contribution is -2.23. The lowest BCUT2D eigenvalue weighted by atomic mass is 10.3. The predicted molar refractivity (Wildman–Crippen MR) is 117 cm³/mol. The Hall–Kier alpha value is -4.14. The van der Waals surface area contributed by atoms with Crippen molar-refractivity contribution < 1.29 is 9.53 Å². The van der Waals surface area contributed by atoms with Gasteiger partial charge in [-0.2, -0.15) is 9.50 Å². The third kappa shape index (κ3) is 4.55. The van der Waals surface area contributed by atoms with E-state index in [0.717, 1.165) is 0 Å². The summed E-state index contributed by atoms with van der Waals surface area (Å²) < 4.78 is 8.99. The molecule has 2 aromatic carbocycles. The van der Waals surface area contributed by atoms with E-state index in [9.17, 15) is 9.59 Å². The highest BCUT2D eigenvalue weighted by atomic mass is 16.5. The van der Waals surface area contributed by atoms with Gasteiger partial charge in [0, 0.05) is 17.8 Å². The molecule has 158 valence electrons. The van der Waals surface area contributed by atoms with Crippen LogP contribution in [0.5, 0.6) is 5.75 Å². The first-order chi connectivity index (χ1) is 15.0. The number of rotatable bonds is 6. The molecule has 9 nitrogen and oxygen atoms in total. The van der Waals surface area contributed by atoms with Gasteiger partial charge in [-0.05, 0) is 38.1 Å². The second-order valence-electron chi connectivity index (χ2n) is 7.15. The van der Waals surface area contributed by atoms with E-state index in [1.807, 2.05) is 32.0 Å². The van der Waals surface area contributed by atoms with Gasteiger partial charge >= 0.3 is 6.03 Å².